The largest absolute Gasteiger partial charge is 0.439 e. The Morgan fingerprint density at radius 2 is 2.05 bits per heavy atom. The highest BCUT2D eigenvalue weighted by Gasteiger charge is 2.31. The molecule has 0 fully saturated rings. The zero-order valence-electron chi connectivity index (χ0n) is 9.88. The second-order valence-electron chi connectivity index (χ2n) is 3.84. The summed E-state index contributed by atoms with van der Waals surface area (Å²) >= 11 is 0. The van der Waals surface area contributed by atoms with Gasteiger partial charge in [0, 0.05) is 0 Å². The van der Waals surface area contributed by atoms with E-state index in [0.717, 1.165) is 6.07 Å². The van der Waals surface area contributed by atoms with E-state index in [1.54, 1.807) is 7.05 Å². The molecule has 7 heteroatoms. The molecule has 0 aliphatic heterocycles. The van der Waals surface area contributed by atoms with Crippen molar-refractivity contribution in [2.45, 2.75) is 12.7 Å². The summed E-state index contributed by atoms with van der Waals surface area (Å²) in [4.78, 5) is 3.84. The molecule has 0 unspecified atom stereocenters. The average Bonchev–Trinajstić information content (AvgIpc) is 2.77. The standard InChI is InChI=1S/C12H10F4N2O/c1-17-6-11-18-5-10(19-11)8-4-7(12(14,15)16)2-3-9(8)13/h2-5,17H,6H2,1H3. The summed E-state index contributed by atoms with van der Waals surface area (Å²) in [5.74, 6) is -0.552. The Bertz CT molecular complexity index is 577. The van der Waals surface area contributed by atoms with Crippen LogP contribution >= 0.6 is 0 Å². The fraction of sp³-hybridized carbons (Fsp3) is 0.250. The average molecular weight is 274 g/mol. The van der Waals surface area contributed by atoms with Gasteiger partial charge in [0.05, 0.1) is 23.9 Å². The summed E-state index contributed by atoms with van der Waals surface area (Å²) in [6, 6.07) is 2.15. The van der Waals surface area contributed by atoms with E-state index in [-0.39, 0.29) is 17.2 Å². The van der Waals surface area contributed by atoms with Crippen molar-refractivity contribution < 1.29 is 22.0 Å². The molecule has 0 bridgehead atoms. The molecule has 2 rings (SSSR count). The molecule has 102 valence electrons. The van der Waals surface area contributed by atoms with Crippen molar-refractivity contribution >= 4 is 0 Å². The van der Waals surface area contributed by atoms with Gasteiger partial charge >= 0.3 is 6.18 Å². The summed E-state index contributed by atoms with van der Waals surface area (Å²) in [5, 5.41) is 2.77. The van der Waals surface area contributed by atoms with E-state index in [2.05, 4.69) is 10.3 Å². The van der Waals surface area contributed by atoms with Crippen molar-refractivity contribution in [2.24, 2.45) is 0 Å². The van der Waals surface area contributed by atoms with Crippen LogP contribution in [0.3, 0.4) is 0 Å². The molecule has 0 saturated heterocycles. The molecule has 1 heterocycles. The molecule has 19 heavy (non-hydrogen) atoms. The number of nitrogens with zero attached hydrogens (tertiary/aromatic N) is 1. The predicted octanol–water partition coefficient (Wildman–Crippen LogP) is 3.22. The van der Waals surface area contributed by atoms with Crippen molar-refractivity contribution in [3.05, 3.63) is 41.7 Å². The minimum Gasteiger partial charge on any atom is -0.439 e. The summed E-state index contributed by atoms with van der Waals surface area (Å²) in [7, 11) is 1.66. The lowest BCUT2D eigenvalue weighted by Crippen LogP contribution is -2.05. The molecule has 0 atom stereocenters. The third-order valence-corrected chi connectivity index (χ3v) is 2.44. The summed E-state index contributed by atoms with van der Waals surface area (Å²) in [5.41, 5.74) is -1.19. The summed E-state index contributed by atoms with van der Waals surface area (Å²) in [6.45, 7) is 0.306. The van der Waals surface area contributed by atoms with Crippen molar-refractivity contribution in [1.82, 2.24) is 10.3 Å². The number of aromatic nitrogens is 1. The lowest BCUT2D eigenvalue weighted by molar-refractivity contribution is -0.137. The van der Waals surface area contributed by atoms with Gasteiger partial charge in [0.25, 0.3) is 0 Å². The number of alkyl halides is 3. The van der Waals surface area contributed by atoms with E-state index >= 15 is 0 Å². The van der Waals surface area contributed by atoms with E-state index in [4.69, 9.17) is 4.42 Å². The number of hydrogen-bond acceptors (Lipinski definition) is 3. The van der Waals surface area contributed by atoms with Gasteiger partial charge in [0.15, 0.2) is 5.76 Å². The van der Waals surface area contributed by atoms with Gasteiger partial charge in [-0.3, -0.25) is 0 Å². The van der Waals surface area contributed by atoms with Crippen molar-refractivity contribution in [3.63, 3.8) is 0 Å². The number of halogens is 4. The molecule has 1 aromatic carbocycles. The number of hydrogen-bond donors (Lipinski definition) is 1. The number of rotatable bonds is 3. The zero-order chi connectivity index (χ0) is 14.0. The molecule has 0 amide bonds. The topological polar surface area (TPSA) is 38.1 Å². The van der Waals surface area contributed by atoms with Gasteiger partial charge in [-0.1, -0.05) is 0 Å². The van der Waals surface area contributed by atoms with Crippen LogP contribution in [0.2, 0.25) is 0 Å². The summed E-state index contributed by atoms with van der Waals surface area (Å²) < 4.78 is 56.4. The fourth-order valence-corrected chi connectivity index (χ4v) is 1.56. The Morgan fingerprint density at radius 1 is 1.32 bits per heavy atom. The first-order chi connectivity index (χ1) is 8.91. The third-order valence-electron chi connectivity index (χ3n) is 2.44. The van der Waals surface area contributed by atoms with Crippen molar-refractivity contribution in [3.8, 4) is 11.3 Å². The maximum Gasteiger partial charge on any atom is 0.416 e. The molecule has 0 saturated carbocycles. The second-order valence-corrected chi connectivity index (χ2v) is 3.84. The highest BCUT2D eigenvalue weighted by molar-refractivity contribution is 5.58. The number of oxazole rings is 1. The smallest absolute Gasteiger partial charge is 0.416 e. The summed E-state index contributed by atoms with van der Waals surface area (Å²) in [6.07, 6.45) is -3.33. The molecular weight excluding hydrogens is 264 g/mol. The van der Waals surface area contributed by atoms with Crippen LogP contribution in [0.5, 0.6) is 0 Å². The quantitative estimate of drug-likeness (QED) is 0.873. The molecule has 2 aromatic rings. The van der Waals surface area contributed by atoms with Crippen LogP contribution in [-0.2, 0) is 12.7 Å². The molecule has 0 aliphatic carbocycles. The van der Waals surface area contributed by atoms with Gasteiger partial charge in [0.1, 0.15) is 5.82 Å². The molecule has 3 nitrogen and oxygen atoms in total. The molecule has 1 aromatic heterocycles. The van der Waals surface area contributed by atoms with Gasteiger partial charge in [-0.25, -0.2) is 9.37 Å². The highest BCUT2D eigenvalue weighted by atomic mass is 19.4. The Morgan fingerprint density at radius 3 is 2.68 bits per heavy atom. The number of benzene rings is 1. The molecule has 1 N–H and O–H groups in total. The van der Waals surface area contributed by atoms with E-state index in [1.807, 2.05) is 0 Å². The minimum atomic E-state index is -4.53. The van der Waals surface area contributed by atoms with Crippen molar-refractivity contribution in [2.75, 3.05) is 7.05 Å². The van der Waals surface area contributed by atoms with Gasteiger partial charge in [-0.05, 0) is 25.2 Å². The van der Waals surface area contributed by atoms with Crippen LogP contribution in [0.1, 0.15) is 11.5 Å². The van der Waals surface area contributed by atoms with E-state index in [1.165, 1.54) is 6.20 Å². The Hall–Kier alpha value is -1.89. The first-order valence-corrected chi connectivity index (χ1v) is 5.38. The SMILES string of the molecule is CNCc1ncc(-c2cc(C(F)(F)F)ccc2F)o1. The van der Waals surface area contributed by atoms with Gasteiger partial charge in [-0.15, -0.1) is 0 Å². The van der Waals surface area contributed by atoms with Crippen LogP contribution in [0.15, 0.2) is 28.8 Å². The number of nitrogens with one attached hydrogen (secondary N) is 1. The Labute approximate surface area is 106 Å². The van der Waals surface area contributed by atoms with Crippen LogP contribution in [0, 0.1) is 5.82 Å². The van der Waals surface area contributed by atoms with Crippen LogP contribution in [0.25, 0.3) is 11.3 Å². The highest BCUT2D eigenvalue weighted by Crippen LogP contribution is 2.33. The first kappa shape index (κ1) is 13.5. The van der Waals surface area contributed by atoms with Crippen LogP contribution < -0.4 is 5.32 Å². The van der Waals surface area contributed by atoms with Gasteiger partial charge in [0.2, 0.25) is 5.89 Å². The van der Waals surface area contributed by atoms with E-state index in [0.29, 0.717) is 18.7 Å². The van der Waals surface area contributed by atoms with Gasteiger partial charge in [-0.2, -0.15) is 13.2 Å². The molecule has 0 aliphatic rings. The molecule has 0 radical (unpaired) electrons. The van der Waals surface area contributed by atoms with Gasteiger partial charge < -0.3 is 9.73 Å². The minimum absolute atomic E-state index is 0.0335. The normalized spacial score (nSPS) is 11.8. The lowest BCUT2D eigenvalue weighted by atomic mass is 10.1. The van der Waals surface area contributed by atoms with Crippen molar-refractivity contribution in [1.29, 1.82) is 0 Å². The maximum atomic E-state index is 13.6. The predicted molar refractivity (Wildman–Crippen MR) is 59.7 cm³/mol. The Kier molecular flexibility index (Phi) is 3.57. The Balaban J connectivity index is 2.42. The van der Waals surface area contributed by atoms with E-state index < -0.39 is 17.6 Å². The third kappa shape index (κ3) is 2.93. The maximum absolute atomic E-state index is 13.6. The first-order valence-electron chi connectivity index (χ1n) is 5.38. The van der Waals surface area contributed by atoms with E-state index in [9.17, 15) is 17.6 Å². The van der Waals surface area contributed by atoms with Crippen LogP contribution in [-0.4, -0.2) is 12.0 Å². The lowest BCUT2D eigenvalue weighted by Gasteiger charge is -2.08. The molecule has 0 spiro atoms. The molecular formula is C12H10F4N2O. The second kappa shape index (κ2) is 5.00. The fourth-order valence-electron chi connectivity index (χ4n) is 1.56. The van der Waals surface area contributed by atoms with Crippen LogP contribution in [0.4, 0.5) is 17.6 Å². The monoisotopic (exact) mass is 274 g/mol. The zero-order valence-corrected chi connectivity index (χ0v) is 9.88.